The first-order chi connectivity index (χ1) is 16.4. The highest BCUT2D eigenvalue weighted by atomic mass is 32.2. The zero-order chi connectivity index (χ0) is 25.8. The van der Waals surface area contributed by atoms with Crippen LogP contribution in [0.5, 0.6) is 0 Å². The van der Waals surface area contributed by atoms with Gasteiger partial charge in [-0.3, -0.25) is 9.52 Å². The van der Waals surface area contributed by atoms with Crippen LogP contribution >= 0.6 is 0 Å². The molecule has 2 N–H and O–H groups in total. The maximum atomic E-state index is 13.3. The Morgan fingerprint density at radius 2 is 1.51 bits per heavy atom. The largest absolute Gasteiger partial charge is 0.325 e. The number of aryl methyl sites for hydroxylation is 1. The van der Waals surface area contributed by atoms with Crippen LogP contribution in [0.15, 0.2) is 77.7 Å². The molecule has 12 heteroatoms. The highest BCUT2D eigenvalue weighted by Gasteiger charge is 2.27. The van der Waals surface area contributed by atoms with Gasteiger partial charge in [-0.2, -0.15) is 12.7 Å². The predicted octanol–water partition coefficient (Wildman–Crippen LogP) is 3.19. The van der Waals surface area contributed by atoms with Gasteiger partial charge in [0.25, 0.3) is 10.0 Å². The number of sulfonamides is 1. The molecular formula is C23H25FN4O5S2. The third-order valence-electron chi connectivity index (χ3n) is 4.86. The summed E-state index contributed by atoms with van der Waals surface area (Å²) in [6, 6.07) is 17.0. The van der Waals surface area contributed by atoms with Crippen LogP contribution in [0.1, 0.15) is 5.56 Å². The van der Waals surface area contributed by atoms with E-state index in [1.165, 1.54) is 50.5 Å². The number of benzene rings is 3. The third-order valence-corrected chi connectivity index (χ3v) is 8.08. The van der Waals surface area contributed by atoms with Gasteiger partial charge >= 0.3 is 10.2 Å². The third kappa shape index (κ3) is 6.56. The van der Waals surface area contributed by atoms with Crippen molar-refractivity contribution in [2.24, 2.45) is 0 Å². The average molecular weight is 521 g/mol. The minimum Gasteiger partial charge on any atom is -0.325 e. The lowest BCUT2D eigenvalue weighted by Crippen LogP contribution is -2.44. The van der Waals surface area contributed by atoms with Crippen LogP contribution in [-0.4, -0.2) is 47.7 Å². The SMILES string of the molecule is Cc1cccc(NS(=O)(=O)c2ccc(NC(=O)CN(c3ccc(F)cc3)S(=O)(=O)N(C)C)cc2)c1. The first-order valence-electron chi connectivity index (χ1n) is 10.3. The molecule has 3 aromatic carbocycles. The molecule has 0 fully saturated rings. The van der Waals surface area contributed by atoms with Crippen LogP contribution in [0.3, 0.4) is 0 Å². The lowest BCUT2D eigenvalue weighted by atomic mass is 10.2. The van der Waals surface area contributed by atoms with Crippen molar-refractivity contribution in [3.63, 3.8) is 0 Å². The summed E-state index contributed by atoms with van der Waals surface area (Å²) in [5.41, 5.74) is 1.70. The van der Waals surface area contributed by atoms with Gasteiger partial charge in [0.2, 0.25) is 5.91 Å². The van der Waals surface area contributed by atoms with Crippen molar-refractivity contribution in [3.05, 3.63) is 84.2 Å². The van der Waals surface area contributed by atoms with E-state index in [1.54, 1.807) is 18.2 Å². The Bertz CT molecular complexity index is 1410. The van der Waals surface area contributed by atoms with E-state index in [-0.39, 0.29) is 16.3 Å². The van der Waals surface area contributed by atoms with Gasteiger partial charge in [0, 0.05) is 25.5 Å². The quantitative estimate of drug-likeness (QED) is 0.450. The Kier molecular flexibility index (Phi) is 7.78. The van der Waals surface area contributed by atoms with Gasteiger partial charge in [-0.25, -0.2) is 17.1 Å². The number of hydrogen-bond donors (Lipinski definition) is 2. The van der Waals surface area contributed by atoms with Gasteiger partial charge in [-0.05, 0) is 73.2 Å². The first-order valence-corrected chi connectivity index (χ1v) is 13.2. The van der Waals surface area contributed by atoms with Crippen molar-refractivity contribution in [1.29, 1.82) is 0 Å². The molecule has 0 aromatic heterocycles. The van der Waals surface area contributed by atoms with Gasteiger partial charge in [0.05, 0.1) is 10.6 Å². The number of halogens is 1. The molecule has 0 bridgehead atoms. The Morgan fingerprint density at radius 3 is 2.09 bits per heavy atom. The molecule has 0 aliphatic rings. The number of carbonyl (C=O) groups is 1. The number of hydrogen-bond acceptors (Lipinski definition) is 5. The van der Waals surface area contributed by atoms with Crippen molar-refractivity contribution in [2.45, 2.75) is 11.8 Å². The number of nitrogens with one attached hydrogen (secondary N) is 2. The van der Waals surface area contributed by atoms with Crippen LogP contribution in [0.4, 0.5) is 21.5 Å². The highest BCUT2D eigenvalue weighted by molar-refractivity contribution is 7.92. The summed E-state index contributed by atoms with van der Waals surface area (Å²) in [6.45, 7) is 1.26. The molecule has 3 rings (SSSR count). The Morgan fingerprint density at radius 1 is 0.886 bits per heavy atom. The van der Waals surface area contributed by atoms with E-state index in [0.29, 0.717) is 5.69 Å². The zero-order valence-corrected chi connectivity index (χ0v) is 20.9. The Balaban J connectivity index is 1.74. The standard InChI is InChI=1S/C23H25FN4O5S2/c1-17-5-4-6-20(15-17)26-34(30,31)22-13-9-19(10-14-22)25-23(29)16-28(35(32,33)27(2)3)21-11-7-18(24)8-12-21/h4-15,26H,16H2,1-3H3,(H,25,29). The van der Waals surface area contributed by atoms with Crippen molar-refractivity contribution >= 4 is 43.2 Å². The second-order valence-electron chi connectivity index (χ2n) is 7.82. The molecule has 0 aliphatic heterocycles. The monoisotopic (exact) mass is 520 g/mol. The molecule has 0 spiro atoms. The Hall–Kier alpha value is -3.48. The van der Waals surface area contributed by atoms with E-state index < -0.39 is 38.5 Å². The zero-order valence-electron chi connectivity index (χ0n) is 19.3. The smallest absolute Gasteiger partial charge is 0.304 e. The van der Waals surface area contributed by atoms with E-state index in [4.69, 9.17) is 0 Å². The van der Waals surface area contributed by atoms with Gasteiger partial charge in [-0.15, -0.1) is 0 Å². The topological polar surface area (TPSA) is 116 Å². The van der Waals surface area contributed by atoms with Crippen molar-refractivity contribution in [1.82, 2.24) is 4.31 Å². The molecule has 0 aliphatic carbocycles. The Labute approximate surface area is 204 Å². The van der Waals surface area contributed by atoms with Crippen LogP contribution in [0.25, 0.3) is 0 Å². The second kappa shape index (κ2) is 10.4. The molecule has 0 radical (unpaired) electrons. The molecule has 1 amide bonds. The highest BCUT2D eigenvalue weighted by Crippen LogP contribution is 2.21. The molecule has 35 heavy (non-hydrogen) atoms. The summed E-state index contributed by atoms with van der Waals surface area (Å²) in [5.74, 6) is -1.22. The summed E-state index contributed by atoms with van der Waals surface area (Å²) in [5, 5.41) is 2.55. The fraction of sp³-hybridized carbons (Fsp3) is 0.174. The molecule has 9 nitrogen and oxygen atoms in total. The molecular weight excluding hydrogens is 495 g/mol. The number of nitrogens with zero attached hydrogens (tertiary/aromatic N) is 2. The summed E-state index contributed by atoms with van der Waals surface area (Å²) < 4.78 is 68.3. The number of rotatable bonds is 9. The molecule has 0 atom stereocenters. The lowest BCUT2D eigenvalue weighted by Gasteiger charge is -2.26. The van der Waals surface area contributed by atoms with Crippen molar-refractivity contribution in [3.8, 4) is 0 Å². The van der Waals surface area contributed by atoms with Crippen molar-refractivity contribution < 1.29 is 26.0 Å². The van der Waals surface area contributed by atoms with E-state index in [1.807, 2.05) is 13.0 Å². The van der Waals surface area contributed by atoms with E-state index in [2.05, 4.69) is 10.0 Å². The van der Waals surface area contributed by atoms with E-state index in [9.17, 15) is 26.0 Å². The second-order valence-corrected chi connectivity index (χ2v) is 11.6. The van der Waals surface area contributed by atoms with Crippen LogP contribution in [-0.2, 0) is 25.0 Å². The van der Waals surface area contributed by atoms with Gasteiger partial charge < -0.3 is 5.32 Å². The first kappa shape index (κ1) is 26.1. The molecule has 186 valence electrons. The maximum absolute atomic E-state index is 13.3. The fourth-order valence-electron chi connectivity index (χ4n) is 3.08. The maximum Gasteiger partial charge on any atom is 0.304 e. The summed E-state index contributed by atoms with van der Waals surface area (Å²) in [4.78, 5) is 12.6. The lowest BCUT2D eigenvalue weighted by molar-refractivity contribution is -0.114. The van der Waals surface area contributed by atoms with E-state index >= 15 is 0 Å². The predicted molar refractivity (Wildman–Crippen MR) is 133 cm³/mol. The minimum absolute atomic E-state index is 0.0138. The summed E-state index contributed by atoms with van der Waals surface area (Å²) >= 11 is 0. The minimum atomic E-state index is -4.06. The van der Waals surface area contributed by atoms with Gasteiger partial charge in [0.1, 0.15) is 12.4 Å². The normalized spacial score (nSPS) is 11.8. The molecule has 3 aromatic rings. The molecule has 0 heterocycles. The number of amides is 1. The number of anilines is 3. The summed E-state index contributed by atoms with van der Waals surface area (Å²) in [7, 11) is -5.28. The fourth-order valence-corrected chi connectivity index (χ4v) is 5.19. The molecule has 0 unspecified atom stereocenters. The molecule has 0 saturated carbocycles. The van der Waals surface area contributed by atoms with E-state index in [0.717, 1.165) is 26.3 Å². The van der Waals surface area contributed by atoms with Crippen LogP contribution in [0.2, 0.25) is 0 Å². The van der Waals surface area contributed by atoms with Gasteiger partial charge in [0.15, 0.2) is 0 Å². The number of carbonyl (C=O) groups excluding carboxylic acids is 1. The molecule has 0 saturated heterocycles. The average Bonchev–Trinajstić information content (AvgIpc) is 2.78. The van der Waals surface area contributed by atoms with Gasteiger partial charge in [-0.1, -0.05) is 12.1 Å². The van der Waals surface area contributed by atoms with Crippen LogP contribution < -0.4 is 14.3 Å². The van der Waals surface area contributed by atoms with Crippen LogP contribution in [0, 0.1) is 12.7 Å². The summed E-state index contributed by atoms with van der Waals surface area (Å²) in [6.07, 6.45) is 0. The van der Waals surface area contributed by atoms with Crippen molar-refractivity contribution in [2.75, 3.05) is 35.0 Å².